The predicted molar refractivity (Wildman–Crippen MR) is 107 cm³/mol. The molecule has 3 aromatic heterocycles. The van der Waals surface area contributed by atoms with Gasteiger partial charge in [-0.2, -0.15) is 0 Å². The molecule has 0 fully saturated rings. The molecule has 6 nitrogen and oxygen atoms in total. The number of nitrogens with two attached hydrogens (primary N) is 1. The molecule has 0 aliphatic carbocycles. The van der Waals surface area contributed by atoms with Crippen molar-refractivity contribution in [1.29, 1.82) is 0 Å². The van der Waals surface area contributed by atoms with Crippen molar-refractivity contribution in [1.82, 2.24) is 15.5 Å². The summed E-state index contributed by atoms with van der Waals surface area (Å²) in [6, 6.07) is 3.88. The van der Waals surface area contributed by atoms with Crippen LogP contribution in [0, 0.1) is 20.8 Å². The number of pyridine rings is 1. The van der Waals surface area contributed by atoms with Gasteiger partial charge in [-0.15, -0.1) is 23.7 Å². The Morgan fingerprint density at radius 1 is 1.31 bits per heavy atom. The first-order valence-corrected chi connectivity index (χ1v) is 8.90. The first kappa shape index (κ1) is 20.4. The summed E-state index contributed by atoms with van der Waals surface area (Å²) in [6.07, 6.45) is 0. The van der Waals surface area contributed by atoms with E-state index in [-0.39, 0.29) is 18.3 Å². The number of halogens is 1. The van der Waals surface area contributed by atoms with E-state index in [1.807, 2.05) is 26.8 Å². The van der Waals surface area contributed by atoms with Crippen LogP contribution >= 0.6 is 23.7 Å². The number of carbonyl (C=O) groups excluding carboxylic acids is 1. The third-order valence-corrected chi connectivity index (χ3v) is 5.11. The van der Waals surface area contributed by atoms with Crippen LogP contribution in [-0.4, -0.2) is 28.1 Å². The van der Waals surface area contributed by atoms with Crippen molar-refractivity contribution in [3.8, 4) is 11.3 Å². The van der Waals surface area contributed by atoms with Crippen molar-refractivity contribution in [2.75, 3.05) is 6.54 Å². The molecular weight excluding hydrogens is 372 g/mol. The highest BCUT2D eigenvalue weighted by Gasteiger charge is 2.24. The molecule has 0 saturated carbocycles. The van der Waals surface area contributed by atoms with E-state index in [0.29, 0.717) is 34.6 Å². The van der Waals surface area contributed by atoms with Crippen LogP contribution in [0.5, 0.6) is 0 Å². The molecule has 0 spiro atoms. The van der Waals surface area contributed by atoms with E-state index in [1.165, 1.54) is 4.88 Å². The van der Waals surface area contributed by atoms with Crippen LogP contribution in [0.15, 0.2) is 16.7 Å². The summed E-state index contributed by atoms with van der Waals surface area (Å²) in [5, 5.41) is 7.59. The van der Waals surface area contributed by atoms with Gasteiger partial charge >= 0.3 is 0 Å². The highest BCUT2D eigenvalue weighted by Crippen LogP contribution is 2.32. The Labute approximate surface area is 162 Å². The topological polar surface area (TPSA) is 94.0 Å². The quantitative estimate of drug-likeness (QED) is 0.702. The second-order valence-corrected chi connectivity index (χ2v) is 8.33. The van der Waals surface area contributed by atoms with Crippen molar-refractivity contribution in [3.05, 3.63) is 33.1 Å². The summed E-state index contributed by atoms with van der Waals surface area (Å²) in [6.45, 7) is 10.0. The molecule has 0 aromatic carbocycles. The highest BCUT2D eigenvalue weighted by atomic mass is 35.5. The van der Waals surface area contributed by atoms with Crippen LogP contribution in [-0.2, 0) is 0 Å². The fourth-order valence-electron chi connectivity index (χ4n) is 2.72. The average molecular weight is 395 g/mol. The Hall–Kier alpha value is -1.96. The van der Waals surface area contributed by atoms with Crippen molar-refractivity contribution in [2.45, 2.75) is 40.2 Å². The van der Waals surface area contributed by atoms with Gasteiger partial charge in [0.15, 0.2) is 0 Å². The molecule has 0 saturated heterocycles. The van der Waals surface area contributed by atoms with Gasteiger partial charge in [-0.05, 0) is 46.8 Å². The standard InChI is InChI=1S/C18H22N4O2S.ClH/c1-9-6-12(11(3)25-9)14-7-13(16(23)21-18(4,5)8-19)15-10(2)22-24-17(15)20-14;/h6-7H,8,19H2,1-5H3,(H,21,23);1H. The summed E-state index contributed by atoms with van der Waals surface area (Å²) >= 11 is 1.70. The third-order valence-electron chi connectivity index (χ3n) is 4.14. The minimum absolute atomic E-state index is 0. The predicted octanol–water partition coefficient (Wildman–Crippen LogP) is 3.77. The van der Waals surface area contributed by atoms with Crippen LogP contribution in [0.4, 0.5) is 0 Å². The molecule has 8 heteroatoms. The normalized spacial score (nSPS) is 11.5. The number of fused-ring (bicyclic) bond motifs is 1. The average Bonchev–Trinajstić information content (AvgIpc) is 3.08. The maximum atomic E-state index is 12.9. The fourth-order valence-corrected chi connectivity index (χ4v) is 3.66. The molecule has 3 aromatic rings. The first-order valence-electron chi connectivity index (χ1n) is 8.09. The van der Waals surface area contributed by atoms with Crippen LogP contribution < -0.4 is 11.1 Å². The van der Waals surface area contributed by atoms with Crippen LogP contribution in [0.25, 0.3) is 22.4 Å². The molecule has 0 unspecified atom stereocenters. The van der Waals surface area contributed by atoms with Crippen LogP contribution in [0.3, 0.4) is 0 Å². The number of aryl methyl sites for hydroxylation is 3. The van der Waals surface area contributed by atoms with Gasteiger partial charge in [-0.1, -0.05) is 5.16 Å². The van der Waals surface area contributed by atoms with Gasteiger partial charge in [0.25, 0.3) is 11.6 Å². The monoisotopic (exact) mass is 394 g/mol. The lowest BCUT2D eigenvalue weighted by Gasteiger charge is -2.24. The van der Waals surface area contributed by atoms with Crippen molar-refractivity contribution >= 4 is 40.8 Å². The molecule has 3 N–H and O–H groups in total. The van der Waals surface area contributed by atoms with Crippen LogP contribution in [0.1, 0.15) is 39.7 Å². The molecule has 140 valence electrons. The number of nitrogens with one attached hydrogen (secondary N) is 1. The molecular formula is C18H23ClN4O2S. The van der Waals surface area contributed by atoms with E-state index in [4.69, 9.17) is 10.3 Å². The van der Waals surface area contributed by atoms with E-state index < -0.39 is 5.54 Å². The summed E-state index contributed by atoms with van der Waals surface area (Å²) in [4.78, 5) is 19.8. The number of rotatable bonds is 4. The SMILES string of the molecule is Cc1cc(-c2cc(C(=O)NC(C)(C)CN)c3c(C)noc3n2)c(C)s1.Cl. The van der Waals surface area contributed by atoms with Crippen molar-refractivity contribution < 1.29 is 9.32 Å². The zero-order chi connectivity index (χ0) is 18.4. The Morgan fingerprint density at radius 3 is 2.58 bits per heavy atom. The largest absolute Gasteiger partial charge is 0.346 e. The molecule has 3 heterocycles. The number of nitrogens with zero attached hydrogens (tertiary/aromatic N) is 2. The van der Waals surface area contributed by atoms with E-state index in [1.54, 1.807) is 18.3 Å². The maximum absolute atomic E-state index is 12.9. The summed E-state index contributed by atoms with van der Waals surface area (Å²) in [5.41, 5.74) is 8.46. The lowest BCUT2D eigenvalue weighted by Crippen LogP contribution is -2.48. The molecule has 0 aliphatic heterocycles. The van der Waals surface area contributed by atoms with Crippen molar-refractivity contribution in [3.63, 3.8) is 0 Å². The minimum atomic E-state index is -0.507. The number of hydrogen-bond acceptors (Lipinski definition) is 6. The third kappa shape index (κ3) is 3.75. The Kier molecular flexibility index (Phi) is 5.75. The number of amides is 1. The second-order valence-electron chi connectivity index (χ2n) is 6.87. The fraction of sp³-hybridized carbons (Fsp3) is 0.389. The lowest BCUT2D eigenvalue weighted by atomic mass is 10.0. The molecule has 26 heavy (non-hydrogen) atoms. The van der Waals surface area contributed by atoms with Crippen molar-refractivity contribution in [2.24, 2.45) is 5.73 Å². The molecule has 0 atom stereocenters. The summed E-state index contributed by atoms with van der Waals surface area (Å²) in [7, 11) is 0. The van der Waals surface area contributed by atoms with E-state index >= 15 is 0 Å². The number of aromatic nitrogens is 2. The Balaban J connectivity index is 0.00000243. The van der Waals surface area contributed by atoms with E-state index in [9.17, 15) is 4.79 Å². The van der Waals surface area contributed by atoms with Gasteiger partial charge in [0.1, 0.15) is 0 Å². The zero-order valence-corrected chi connectivity index (χ0v) is 17.1. The lowest BCUT2D eigenvalue weighted by molar-refractivity contribution is 0.0917. The second kappa shape index (κ2) is 7.34. The molecule has 3 rings (SSSR count). The zero-order valence-electron chi connectivity index (χ0n) is 15.5. The number of hydrogen-bond donors (Lipinski definition) is 2. The Bertz CT molecular complexity index is 962. The van der Waals surface area contributed by atoms with Gasteiger partial charge in [-0.3, -0.25) is 4.79 Å². The molecule has 0 aliphatic rings. The van der Waals surface area contributed by atoms with E-state index in [0.717, 1.165) is 10.4 Å². The molecule has 0 radical (unpaired) electrons. The van der Waals surface area contributed by atoms with Gasteiger partial charge in [0, 0.05) is 27.4 Å². The van der Waals surface area contributed by atoms with Crippen LogP contribution in [0.2, 0.25) is 0 Å². The molecule has 1 amide bonds. The van der Waals surface area contributed by atoms with Gasteiger partial charge < -0.3 is 15.6 Å². The first-order chi connectivity index (χ1) is 11.7. The minimum Gasteiger partial charge on any atom is -0.346 e. The Morgan fingerprint density at radius 2 is 2.00 bits per heavy atom. The molecule has 0 bridgehead atoms. The summed E-state index contributed by atoms with van der Waals surface area (Å²) < 4.78 is 5.34. The number of thiophene rings is 1. The van der Waals surface area contributed by atoms with Gasteiger partial charge in [-0.25, -0.2) is 4.98 Å². The maximum Gasteiger partial charge on any atom is 0.259 e. The van der Waals surface area contributed by atoms with Gasteiger partial charge in [0.05, 0.1) is 22.3 Å². The van der Waals surface area contributed by atoms with Gasteiger partial charge in [0.2, 0.25) is 0 Å². The number of carbonyl (C=O) groups is 1. The summed E-state index contributed by atoms with van der Waals surface area (Å²) in [5.74, 6) is -0.208. The highest BCUT2D eigenvalue weighted by molar-refractivity contribution is 7.12. The van der Waals surface area contributed by atoms with E-state index in [2.05, 4.69) is 28.4 Å². The smallest absolute Gasteiger partial charge is 0.259 e.